The Kier molecular flexibility index (Phi) is 7.39. The molecular weight excluding hydrogens is 542 g/mol. The third-order valence-electron chi connectivity index (χ3n) is 7.47. The normalized spacial score (nSPS) is 19.2. The third kappa shape index (κ3) is 5.52. The number of likely N-dealkylation sites (tertiary alicyclic amines) is 1. The van der Waals surface area contributed by atoms with Crippen LogP contribution in [0.2, 0.25) is 5.02 Å². The number of pyridine rings is 1. The smallest absolute Gasteiger partial charge is 0.335 e. The topological polar surface area (TPSA) is 89.7 Å². The van der Waals surface area contributed by atoms with Crippen LogP contribution in [-0.4, -0.2) is 56.3 Å². The van der Waals surface area contributed by atoms with Crippen molar-refractivity contribution in [2.75, 3.05) is 19.7 Å². The van der Waals surface area contributed by atoms with E-state index in [1.54, 1.807) is 6.07 Å². The second-order valence-corrected chi connectivity index (χ2v) is 10.6. The molecule has 0 spiro atoms. The molecule has 2 aliphatic rings. The second kappa shape index (κ2) is 11.1. The molecule has 0 bridgehead atoms. The Hall–Kier alpha value is -3.60. The molecule has 4 aromatic rings. The van der Waals surface area contributed by atoms with E-state index in [1.807, 2.05) is 22.8 Å². The molecule has 2 aliphatic heterocycles. The van der Waals surface area contributed by atoms with Gasteiger partial charge < -0.3 is 19.1 Å². The monoisotopic (exact) mass is 568 g/mol. The molecule has 2 saturated heterocycles. The van der Waals surface area contributed by atoms with Gasteiger partial charge in [-0.2, -0.15) is 0 Å². The summed E-state index contributed by atoms with van der Waals surface area (Å²) in [5.74, 6) is -1.39. The third-order valence-corrected chi connectivity index (χ3v) is 7.70. The lowest BCUT2D eigenvalue weighted by Crippen LogP contribution is -2.32. The van der Waals surface area contributed by atoms with Gasteiger partial charge in [0.25, 0.3) is 0 Å². The van der Waals surface area contributed by atoms with E-state index in [9.17, 15) is 18.7 Å². The Morgan fingerprint density at radius 2 is 1.98 bits per heavy atom. The number of fused-ring (bicyclic) bond motifs is 1. The minimum atomic E-state index is -1.18. The van der Waals surface area contributed by atoms with Gasteiger partial charge >= 0.3 is 5.97 Å². The summed E-state index contributed by atoms with van der Waals surface area (Å²) in [5.41, 5.74) is 2.14. The maximum atomic E-state index is 14.9. The number of ether oxygens (including phenoxy) is 2. The zero-order chi connectivity index (χ0) is 27.8. The number of rotatable bonds is 9. The van der Waals surface area contributed by atoms with Crippen molar-refractivity contribution in [1.29, 1.82) is 0 Å². The lowest BCUT2D eigenvalue weighted by atomic mass is 10.0. The number of aromatic nitrogens is 3. The predicted octanol–water partition coefficient (Wildman–Crippen LogP) is 5.42. The first-order valence-corrected chi connectivity index (χ1v) is 13.5. The lowest BCUT2D eigenvalue weighted by molar-refractivity contribution is -0.0591. The SMILES string of the molecule is O=C(O)c1cc(F)c2nc(CN3CC[C@H](c4cccc(COc5ccc(Cl)cc5F)n4)C3)n(CC3CCO3)c2c1. The summed E-state index contributed by atoms with van der Waals surface area (Å²) < 4.78 is 42.1. The molecular formula is C29H27ClF2N4O4. The second-order valence-electron chi connectivity index (χ2n) is 10.2. The molecule has 40 heavy (non-hydrogen) atoms. The van der Waals surface area contributed by atoms with E-state index in [0.717, 1.165) is 37.7 Å². The van der Waals surface area contributed by atoms with E-state index in [0.29, 0.717) is 41.8 Å². The van der Waals surface area contributed by atoms with Crippen LogP contribution in [0.4, 0.5) is 8.78 Å². The highest BCUT2D eigenvalue weighted by atomic mass is 35.5. The zero-order valence-corrected chi connectivity index (χ0v) is 22.3. The number of benzene rings is 2. The number of hydrogen-bond acceptors (Lipinski definition) is 6. The molecule has 0 radical (unpaired) electrons. The molecule has 0 amide bonds. The van der Waals surface area contributed by atoms with Crippen molar-refractivity contribution in [3.05, 3.63) is 88.0 Å². The van der Waals surface area contributed by atoms with Gasteiger partial charge in [0.05, 0.1) is 36.0 Å². The van der Waals surface area contributed by atoms with Gasteiger partial charge in [-0.05, 0) is 61.9 Å². The number of carboxylic acids is 1. The molecule has 0 aliphatic carbocycles. The van der Waals surface area contributed by atoms with E-state index in [-0.39, 0.29) is 35.5 Å². The molecule has 6 rings (SSSR count). The summed E-state index contributed by atoms with van der Waals surface area (Å²) in [4.78, 5) is 23.2. The van der Waals surface area contributed by atoms with Gasteiger partial charge in [0.15, 0.2) is 17.4 Å². The maximum Gasteiger partial charge on any atom is 0.335 e. The number of halogens is 3. The van der Waals surface area contributed by atoms with Crippen molar-refractivity contribution in [2.45, 2.75) is 44.6 Å². The van der Waals surface area contributed by atoms with Gasteiger partial charge in [-0.3, -0.25) is 9.88 Å². The van der Waals surface area contributed by atoms with Crippen molar-refractivity contribution >= 4 is 28.6 Å². The Balaban J connectivity index is 1.17. The summed E-state index contributed by atoms with van der Waals surface area (Å²) in [6.45, 7) is 3.31. The quantitative estimate of drug-likeness (QED) is 0.288. The van der Waals surface area contributed by atoms with Crippen LogP contribution >= 0.6 is 11.6 Å². The van der Waals surface area contributed by atoms with Crippen LogP contribution in [0.15, 0.2) is 48.5 Å². The Bertz CT molecular complexity index is 1580. The fourth-order valence-corrected chi connectivity index (χ4v) is 5.44. The fraction of sp³-hybridized carbons (Fsp3) is 0.345. The van der Waals surface area contributed by atoms with Crippen LogP contribution in [0.5, 0.6) is 5.75 Å². The number of hydrogen-bond donors (Lipinski definition) is 1. The van der Waals surface area contributed by atoms with E-state index in [4.69, 9.17) is 26.1 Å². The van der Waals surface area contributed by atoms with Crippen LogP contribution in [0, 0.1) is 11.6 Å². The maximum absolute atomic E-state index is 14.9. The van der Waals surface area contributed by atoms with Gasteiger partial charge in [-0.15, -0.1) is 0 Å². The lowest BCUT2D eigenvalue weighted by Gasteiger charge is -2.28. The summed E-state index contributed by atoms with van der Waals surface area (Å²) in [6, 6.07) is 12.5. The summed E-state index contributed by atoms with van der Waals surface area (Å²) in [7, 11) is 0. The number of aromatic carboxylic acids is 1. The molecule has 11 heteroatoms. The largest absolute Gasteiger partial charge is 0.484 e. The number of imidazole rings is 1. The van der Waals surface area contributed by atoms with Crippen LogP contribution in [0.1, 0.15) is 46.3 Å². The molecule has 4 heterocycles. The van der Waals surface area contributed by atoms with Crippen LogP contribution in [0.25, 0.3) is 11.0 Å². The van der Waals surface area contributed by atoms with Gasteiger partial charge in [0.1, 0.15) is 17.9 Å². The van der Waals surface area contributed by atoms with Gasteiger partial charge in [-0.25, -0.2) is 18.6 Å². The van der Waals surface area contributed by atoms with Crippen LogP contribution in [-0.2, 0) is 24.4 Å². The molecule has 2 fully saturated rings. The van der Waals surface area contributed by atoms with Gasteiger partial charge in [-0.1, -0.05) is 17.7 Å². The van der Waals surface area contributed by atoms with Gasteiger partial charge in [0, 0.05) is 29.8 Å². The number of nitrogens with zero attached hydrogens (tertiary/aromatic N) is 4. The first-order valence-electron chi connectivity index (χ1n) is 13.1. The van der Waals surface area contributed by atoms with Crippen molar-refractivity contribution in [1.82, 2.24) is 19.4 Å². The molecule has 208 valence electrons. The Morgan fingerprint density at radius 1 is 1.12 bits per heavy atom. The highest BCUT2D eigenvalue weighted by Crippen LogP contribution is 2.30. The van der Waals surface area contributed by atoms with Crippen LogP contribution < -0.4 is 4.74 Å². The van der Waals surface area contributed by atoms with Crippen molar-refractivity contribution in [3.8, 4) is 5.75 Å². The standard InChI is InChI=1S/C29H27ClF2N4O4/c30-19-4-5-26(22(31)12-19)40-16-20-2-1-3-24(33-20)17-6-8-35(13-17)15-27-34-28-23(32)10-18(29(37)38)11-25(28)36(27)14-21-7-9-39-21/h1-5,10-12,17,21H,6-9,13-16H2,(H,37,38)/t17-,21?/m0/s1. The first-order chi connectivity index (χ1) is 19.3. The van der Waals surface area contributed by atoms with Crippen molar-refractivity contribution < 1.29 is 28.2 Å². The fourth-order valence-electron chi connectivity index (χ4n) is 5.28. The van der Waals surface area contributed by atoms with E-state index in [2.05, 4.69) is 9.88 Å². The van der Waals surface area contributed by atoms with Gasteiger partial charge in [0.2, 0.25) is 0 Å². The van der Waals surface area contributed by atoms with E-state index < -0.39 is 17.6 Å². The van der Waals surface area contributed by atoms with Crippen LogP contribution in [0.3, 0.4) is 0 Å². The van der Waals surface area contributed by atoms with E-state index >= 15 is 0 Å². The van der Waals surface area contributed by atoms with Crippen molar-refractivity contribution in [3.63, 3.8) is 0 Å². The molecule has 1 unspecified atom stereocenters. The molecule has 1 N–H and O–H groups in total. The summed E-state index contributed by atoms with van der Waals surface area (Å²) >= 11 is 5.81. The average molecular weight is 569 g/mol. The molecule has 2 aromatic heterocycles. The predicted molar refractivity (Wildman–Crippen MR) is 144 cm³/mol. The first kappa shape index (κ1) is 26.6. The molecule has 8 nitrogen and oxygen atoms in total. The minimum Gasteiger partial charge on any atom is -0.484 e. The average Bonchev–Trinajstić information content (AvgIpc) is 3.51. The molecule has 2 aromatic carbocycles. The number of carbonyl (C=O) groups is 1. The Labute approximate surface area is 234 Å². The summed E-state index contributed by atoms with van der Waals surface area (Å²) in [5, 5.41) is 9.75. The van der Waals surface area contributed by atoms with Crippen molar-refractivity contribution in [2.24, 2.45) is 0 Å². The minimum absolute atomic E-state index is 0.00507. The highest BCUT2D eigenvalue weighted by Gasteiger charge is 2.29. The number of carboxylic acid groups (broad SMARTS) is 1. The molecule has 2 atom stereocenters. The Morgan fingerprint density at radius 3 is 2.73 bits per heavy atom. The summed E-state index contributed by atoms with van der Waals surface area (Å²) in [6.07, 6.45) is 1.77. The molecule has 0 saturated carbocycles. The highest BCUT2D eigenvalue weighted by molar-refractivity contribution is 6.30. The van der Waals surface area contributed by atoms with E-state index in [1.165, 1.54) is 18.2 Å². The zero-order valence-electron chi connectivity index (χ0n) is 21.5.